The molecule has 0 bridgehead atoms. The Morgan fingerprint density at radius 3 is 2.31 bits per heavy atom. The highest BCUT2D eigenvalue weighted by Crippen LogP contribution is 2.18. The maximum atomic E-state index is 12.3. The van der Waals surface area contributed by atoms with Gasteiger partial charge in [-0.25, -0.2) is 9.59 Å². The quantitative estimate of drug-likeness (QED) is 0.492. The number of aliphatic carboxylic acids is 2. The Bertz CT molecular complexity index is 864. The highest BCUT2D eigenvalue weighted by molar-refractivity contribution is 9.10. The lowest BCUT2D eigenvalue weighted by Gasteiger charge is -2.32. The number of halogens is 1. The minimum atomic E-state index is -1.82. The second kappa shape index (κ2) is 13.6. The molecule has 0 aliphatic carbocycles. The third-order valence-corrected chi connectivity index (χ3v) is 5.28. The normalized spacial score (nSPS) is 15.8. The summed E-state index contributed by atoms with van der Waals surface area (Å²) in [4.78, 5) is 32.7. The van der Waals surface area contributed by atoms with Crippen LogP contribution in [0.1, 0.15) is 18.4 Å². The fourth-order valence-corrected chi connectivity index (χ4v) is 3.55. The Labute approximate surface area is 195 Å². The number of nitrogens with zero attached hydrogens (tertiary/aromatic N) is 1. The van der Waals surface area contributed by atoms with Gasteiger partial charge in [0.1, 0.15) is 0 Å². The third kappa shape index (κ3) is 10.0. The number of nitrogens with one attached hydrogen (secondary N) is 1. The number of piperidine rings is 1. The van der Waals surface area contributed by atoms with Gasteiger partial charge in [0.25, 0.3) is 0 Å². The number of hydrogen-bond acceptors (Lipinski definition) is 5. The molecule has 1 aliphatic rings. The highest BCUT2D eigenvalue weighted by Gasteiger charge is 2.21. The molecule has 8 nitrogen and oxygen atoms in total. The average Bonchev–Trinajstić information content (AvgIpc) is 2.77. The molecule has 32 heavy (non-hydrogen) atoms. The summed E-state index contributed by atoms with van der Waals surface area (Å²) in [6.45, 7) is 3.73. The summed E-state index contributed by atoms with van der Waals surface area (Å²) in [7, 11) is 0. The van der Waals surface area contributed by atoms with Gasteiger partial charge in [0, 0.05) is 16.7 Å². The monoisotopic (exact) mass is 506 g/mol. The van der Waals surface area contributed by atoms with Crippen molar-refractivity contribution in [1.29, 1.82) is 0 Å². The van der Waals surface area contributed by atoms with E-state index in [1.165, 1.54) is 12.0 Å². The van der Waals surface area contributed by atoms with Crippen molar-refractivity contribution in [2.45, 2.75) is 19.4 Å². The smallest absolute Gasteiger partial charge is 0.414 e. The van der Waals surface area contributed by atoms with Crippen molar-refractivity contribution in [3.05, 3.63) is 64.6 Å². The Morgan fingerprint density at radius 1 is 1.03 bits per heavy atom. The van der Waals surface area contributed by atoms with Crippen LogP contribution in [0, 0.1) is 5.92 Å². The van der Waals surface area contributed by atoms with Crippen LogP contribution in [0.4, 0.5) is 5.69 Å². The number of carboxylic acids is 2. The number of carbonyl (C=O) groups is 3. The van der Waals surface area contributed by atoms with Gasteiger partial charge in [-0.1, -0.05) is 46.3 Å². The number of anilines is 1. The predicted octanol–water partition coefficient (Wildman–Crippen LogP) is 3.47. The van der Waals surface area contributed by atoms with Crippen molar-refractivity contribution in [2.75, 3.05) is 31.6 Å². The van der Waals surface area contributed by atoms with E-state index in [1.54, 1.807) is 0 Å². The molecular formula is C23H27BrN2O6. The van der Waals surface area contributed by atoms with Gasteiger partial charge in [0.2, 0.25) is 5.91 Å². The van der Waals surface area contributed by atoms with Gasteiger partial charge >= 0.3 is 11.9 Å². The molecule has 1 saturated heterocycles. The second-order valence-corrected chi connectivity index (χ2v) is 8.33. The molecule has 3 rings (SSSR count). The van der Waals surface area contributed by atoms with E-state index in [1.807, 2.05) is 42.5 Å². The minimum absolute atomic E-state index is 0.0400. The van der Waals surface area contributed by atoms with Crippen LogP contribution in [-0.4, -0.2) is 59.2 Å². The first-order chi connectivity index (χ1) is 15.3. The lowest BCUT2D eigenvalue weighted by molar-refractivity contribution is -0.159. The van der Waals surface area contributed by atoms with Gasteiger partial charge in [-0.15, -0.1) is 0 Å². The van der Waals surface area contributed by atoms with Crippen molar-refractivity contribution >= 4 is 39.5 Å². The standard InChI is InChI=1S/C21H25BrN2O2.C2H2O4/c22-19-8-10-20(11-9-19)23-21(25)14-24-12-4-7-18(13-24)16-26-15-17-5-2-1-3-6-17;3-1(4)2(5)6/h1-3,5-6,8-11,18H,4,7,12-16H2,(H,23,25);(H,3,4)(H,5,6). The molecule has 1 heterocycles. The number of carboxylic acid groups (broad SMARTS) is 2. The van der Waals surface area contributed by atoms with E-state index >= 15 is 0 Å². The van der Waals surface area contributed by atoms with Crippen molar-refractivity contribution in [2.24, 2.45) is 5.92 Å². The SMILES string of the molecule is O=C(CN1CCCC(COCc2ccccc2)C1)Nc1ccc(Br)cc1.O=C(O)C(=O)O. The van der Waals surface area contributed by atoms with Gasteiger partial charge in [-0.3, -0.25) is 9.69 Å². The van der Waals surface area contributed by atoms with Crippen LogP contribution in [0.3, 0.4) is 0 Å². The average molecular weight is 507 g/mol. The lowest BCUT2D eigenvalue weighted by Crippen LogP contribution is -2.41. The summed E-state index contributed by atoms with van der Waals surface area (Å²) in [6.07, 6.45) is 2.28. The first-order valence-corrected chi connectivity index (χ1v) is 11.0. The fraction of sp³-hybridized carbons (Fsp3) is 0.348. The van der Waals surface area contributed by atoms with E-state index in [0.29, 0.717) is 19.1 Å². The molecule has 3 N–H and O–H groups in total. The summed E-state index contributed by atoms with van der Waals surface area (Å²) < 4.78 is 6.89. The van der Waals surface area contributed by atoms with Crippen LogP contribution in [0.2, 0.25) is 0 Å². The first kappa shape index (κ1) is 25.5. The summed E-state index contributed by atoms with van der Waals surface area (Å²) in [5, 5.41) is 17.7. The van der Waals surface area contributed by atoms with Crippen molar-refractivity contribution in [3.8, 4) is 0 Å². The molecule has 0 saturated carbocycles. The molecule has 1 fully saturated rings. The number of likely N-dealkylation sites (tertiary alicyclic amines) is 1. The maximum Gasteiger partial charge on any atom is 0.414 e. The van der Waals surface area contributed by atoms with Crippen molar-refractivity contribution in [3.63, 3.8) is 0 Å². The van der Waals surface area contributed by atoms with E-state index in [9.17, 15) is 4.79 Å². The van der Waals surface area contributed by atoms with E-state index in [0.717, 1.165) is 36.3 Å². The molecule has 1 atom stereocenters. The zero-order chi connectivity index (χ0) is 23.3. The molecule has 1 unspecified atom stereocenters. The van der Waals surface area contributed by atoms with E-state index < -0.39 is 11.9 Å². The Morgan fingerprint density at radius 2 is 1.69 bits per heavy atom. The van der Waals surface area contributed by atoms with Gasteiger partial charge in [0.05, 0.1) is 19.8 Å². The fourth-order valence-electron chi connectivity index (χ4n) is 3.29. The summed E-state index contributed by atoms with van der Waals surface area (Å²) in [5.41, 5.74) is 2.03. The van der Waals surface area contributed by atoms with E-state index in [-0.39, 0.29) is 5.91 Å². The molecular weight excluding hydrogens is 480 g/mol. The Balaban J connectivity index is 0.000000534. The number of carbonyl (C=O) groups excluding carboxylic acids is 1. The molecule has 0 aromatic heterocycles. The van der Waals surface area contributed by atoms with E-state index in [4.69, 9.17) is 24.5 Å². The van der Waals surface area contributed by atoms with Gasteiger partial charge < -0.3 is 20.3 Å². The van der Waals surface area contributed by atoms with Gasteiger partial charge in [-0.2, -0.15) is 0 Å². The van der Waals surface area contributed by atoms with Crippen LogP contribution in [0.5, 0.6) is 0 Å². The number of hydrogen-bond donors (Lipinski definition) is 3. The summed E-state index contributed by atoms with van der Waals surface area (Å²) in [5.74, 6) is -3.11. The molecule has 0 radical (unpaired) electrons. The predicted molar refractivity (Wildman–Crippen MR) is 123 cm³/mol. The van der Waals surface area contributed by atoms with Crippen molar-refractivity contribution < 1.29 is 29.3 Å². The molecule has 9 heteroatoms. The largest absolute Gasteiger partial charge is 0.473 e. The minimum Gasteiger partial charge on any atom is -0.473 e. The van der Waals surface area contributed by atoms with Crippen molar-refractivity contribution in [1.82, 2.24) is 4.90 Å². The lowest BCUT2D eigenvalue weighted by atomic mass is 9.99. The molecule has 172 valence electrons. The number of benzene rings is 2. The number of amides is 1. The van der Waals surface area contributed by atoms with Crippen LogP contribution < -0.4 is 5.32 Å². The zero-order valence-electron chi connectivity index (χ0n) is 17.6. The number of ether oxygens (including phenoxy) is 1. The molecule has 1 aliphatic heterocycles. The molecule has 1 amide bonds. The Kier molecular flexibility index (Phi) is 10.9. The van der Waals surface area contributed by atoms with Crippen LogP contribution in [-0.2, 0) is 25.7 Å². The topological polar surface area (TPSA) is 116 Å². The second-order valence-electron chi connectivity index (χ2n) is 7.41. The molecule has 2 aromatic rings. The van der Waals surface area contributed by atoms with Crippen LogP contribution >= 0.6 is 15.9 Å². The van der Waals surface area contributed by atoms with Crippen LogP contribution in [0.15, 0.2) is 59.1 Å². The van der Waals surface area contributed by atoms with E-state index in [2.05, 4.69) is 38.3 Å². The Hall–Kier alpha value is -2.75. The van der Waals surface area contributed by atoms with Crippen LogP contribution in [0.25, 0.3) is 0 Å². The third-order valence-electron chi connectivity index (χ3n) is 4.75. The molecule has 0 spiro atoms. The summed E-state index contributed by atoms with van der Waals surface area (Å²) >= 11 is 3.40. The molecule has 2 aromatic carbocycles. The highest BCUT2D eigenvalue weighted by atomic mass is 79.9. The number of rotatable bonds is 7. The summed E-state index contributed by atoms with van der Waals surface area (Å²) in [6, 6.07) is 17.9. The van der Waals surface area contributed by atoms with Gasteiger partial charge in [-0.05, 0) is 55.1 Å². The van der Waals surface area contributed by atoms with Gasteiger partial charge in [0.15, 0.2) is 0 Å². The zero-order valence-corrected chi connectivity index (χ0v) is 19.2. The maximum absolute atomic E-state index is 12.3. The first-order valence-electron chi connectivity index (χ1n) is 10.2.